The van der Waals surface area contributed by atoms with Crippen molar-refractivity contribution in [3.05, 3.63) is 29.8 Å². The minimum Gasteiger partial charge on any atom is -0.504 e. The molecule has 0 spiro atoms. The lowest BCUT2D eigenvalue weighted by Crippen LogP contribution is -2.45. The number of phenols is 2. The number of aromatic hydroxyl groups is 2. The fourth-order valence-electron chi connectivity index (χ4n) is 2.60. The molecule has 1 fully saturated rings. The summed E-state index contributed by atoms with van der Waals surface area (Å²) in [5.74, 6) is -0.156. The first-order valence-corrected chi connectivity index (χ1v) is 9.63. The van der Waals surface area contributed by atoms with Crippen LogP contribution in [0.15, 0.2) is 24.3 Å². The summed E-state index contributed by atoms with van der Waals surface area (Å²) in [6.07, 6.45) is 4.45. The van der Waals surface area contributed by atoms with Gasteiger partial charge in [-0.05, 0) is 37.0 Å². The lowest BCUT2D eigenvalue weighted by atomic mass is 9.80. The Balaban J connectivity index is 0. The van der Waals surface area contributed by atoms with Crippen molar-refractivity contribution < 1.29 is 40.5 Å². The van der Waals surface area contributed by atoms with Crippen LogP contribution in [0, 0.1) is 0 Å². The Morgan fingerprint density at radius 2 is 1.79 bits per heavy atom. The van der Waals surface area contributed by atoms with Gasteiger partial charge in [-0.3, -0.25) is 5.26 Å². The highest BCUT2D eigenvalue weighted by atomic mass is 17.1. The Kier molecular flexibility index (Phi) is 17.1. The highest BCUT2D eigenvalue weighted by Gasteiger charge is 2.37. The number of hydrogen-bond donors (Lipinski definition) is 6. The van der Waals surface area contributed by atoms with Crippen LogP contribution in [0.5, 0.6) is 11.5 Å². The fourth-order valence-corrected chi connectivity index (χ4v) is 2.60. The van der Waals surface area contributed by atoms with Gasteiger partial charge < -0.3 is 30.3 Å². The molecule has 1 saturated carbocycles. The van der Waals surface area contributed by atoms with Crippen molar-refractivity contribution in [2.45, 2.75) is 70.7 Å². The smallest absolute Gasteiger partial charge is 0.157 e. The average molecular weight is 417 g/mol. The van der Waals surface area contributed by atoms with Gasteiger partial charge in [-0.2, -0.15) is 0 Å². The van der Waals surface area contributed by atoms with E-state index in [0.717, 1.165) is 12.0 Å². The molecular weight excluding hydrogens is 380 g/mol. The number of hydrogen-bond acceptors (Lipinski definition) is 8. The van der Waals surface area contributed by atoms with Gasteiger partial charge in [0.25, 0.3) is 0 Å². The third kappa shape index (κ3) is 12.2. The van der Waals surface area contributed by atoms with Gasteiger partial charge in [-0.25, -0.2) is 4.89 Å². The first kappa shape index (κ1) is 29.2. The molecule has 6 N–H and O–H groups in total. The monoisotopic (exact) mass is 416 g/mol. The predicted molar refractivity (Wildman–Crippen MR) is 112 cm³/mol. The predicted octanol–water partition coefficient (Wildman–Crippen LogP) is 2.87. The maximum absolute atomic E-state index is 9.83. The molecule has 1 aliphatic carbocycles. The molecule has 0 aromatic heterocycles. The summed E-state index contributed by atoms with van der Waals surface area (Å²) in [5.41, 5.74) is -0.117. The third-order valence-corrected chi connectivity index (χ3v) is 4.14. The molecule has 3 unspecified atom stereocenters. The quantitative estimate of drug-likeness (QED) is 0.244. The van der Waals surface area contributed by atoms with Crippen molar-refractivity contribution in [1.29, 1.82) is 0 Å². The molecule has 2 rings (SSSR count). The van der Waals surface area contributed by atoms with E-state index in [-0.39, 0.29) is 30.9 Å². The van der Waals surface area contributed by atoms with Gasteiger partial charge in [-0.15, -0.1) is 0 Å². The summed E-state index contributed by atoms with van der Waals surface area (Å²) in [6, 6.07) is 4.76. The molecule has 3 atom stereocenters. The molecule has 8 nitrogen and oxygen atoms in total. The second-order valence-corrected chi connectivity index (χ2v) is 6.24. The number of carbonyl (C=O) groups is 1. The van der Waals surface area contributed by atoms with Gasteiger partial charge >= 0.3 is 0 Å². The number of carbonyl (C=O) groups excluding carboxylic acids is 1. The minimum atomic E-state index is -1.01. The van der Waals surface area contributed by atoms with E-state index >= 15 is 0 Å². The number of rotatable bonds is 5. The zero-order valence-corrected chi connectivity index (χ0v) is 17.5. The first-order chi connectivity index (χ1) is 13.8. The maximum atomic E-state index is 9.83. The van der Waals surface area contributed by atoms with Crippen LogP contribution in [-0.2, 0) is 9.68 Å². The molecule has 0 radical (unpaired) electrons. The van der Waals surface area contributed by atoms with Crippen LogP contribution < -0.4 is 0 Å². The molecule has 0 saturated heterocycles. The molecule has 29 heavy (non-hydrogen) atoms. The van der Waals surface area contributed by atoms with E-state index in [1.165, 1.54) is 12.1 Å². The maximum Gasteiger partial charge on any atom is 0.157 e. The van der Waals surface area contributed by atoms with E-state index in [2.05, 4.69) is 4.89 Å². The molecule has 0 bridgehead atoms. The summed E-state index contributed by atoms with van der Waals surface area (Å²) >= 11 is 0. The Morgan fingerprint density at radius 1 is 1.17 bits per heavy atom. The fraction of sp³-hybridized carbons (Fsp3) is 0.571. The Hall–Kier alpha value is -1.97. The molecule has 8 heteroatoms. The third-order valence-electron chi connectivity index (χ3n) is 4.14. The van der Waals surface area contributed by atoms with Crippen molar-refractivity contribution in [2.24, 2.45) is 0 Å². The summed E-state index contributed by atoms with van der Waals surface area (Å²) in [5, 5.41) is 54.5. The average Bonchev–Trinajstić information content (AvgIpc) is 2.74. The number of phenolic OH excluding ortho intramolecular Hbond substituents is 2. The Bertz CT molecular complexity index is 560. The van der Waals surface area contributed by atoms with Gasteiger partial charge in [0, 0.05) is 12.8 Å². The molecule has 168 valence electrons. The van der Waals surface area contributed by atoms with Crippen molar-refractivity contribution >= 4 is 12.9 Å². The molecule has 1 aromatic rings. The number of aliphatic hydroxyl groups excluding tert-OH is 2. The van der Waals surface area contributed by atoms with Crippen LogP contribution in [0.25, 0.3) is 6.08 Å². The highest BCUT2D eigenvalue weighted by molar-refractivity contribution is 5.54. The van der Waals surface area contributed by atoms with Gasteiger partial charge in [0.05, 0.1) is 24.4 Å². The highest BCUT2D eigenvalue weighted by Crippen LogP contribution is 2.31. The van der Waals surface area contributed by atoms with Crippen LogP contribution in [0.3, 0.4) is 0 Å². The summed E-state index contributed by atoms with van der Waals surface area (Å²) < 4.78 is 0. The van der Waals surface area contributed by atoms with Gasteiger partial charge in [0.15, 0.2) is 11.5 Å². The van der Waals surface area contributed by atoms with Crippen LogP contribution in [-0.4, -0.2) is 62.0 Å². The van der Waals surface area contributed by atoms with Crippen LogP contribution >= 0.6 is 0 Å². The van der Waals surface area contributed by atoms with E-state index in [4.69, 9.17) is 20.3 Å². The number of benzene rings is 1. The standard InChI is InChI=1S/C10H12O2.C8H16O5.C2H6.CH2O/c1-2-3-4-8-5-6-9(11)10(12)7-8;9-6-1-2-8(11,3-4-13-12)5-7(6)10;2*1-2/h3-7,11-12H,2H2,1H3;6-7,9-12H,1-5H2;1-2H3;1H2/b4-3+;;;. The molecule has 0 amide bonds. The number of aliphatic hydroxyl groups is 3. The van der Waals surface area contributed by atoms with Gasteiger partial charge in [0.2, 0.25) is 0 Å². The molecular formula is C21H36O8. The minimum absolute atomic E-state index is 0.0410. The molecule has 1 aromatic carbocycles. The number of allylic oxidation sites excluding steroid dienone is 1. The van der Waals surface area contributed by atoms with E-state index in [1.807, 2.05) is 39.7 Å². The topological polar surface area (TPSA) is 148 Å². The zero-order chi connectivity index (χ0) is 22.9. The second kappa shape index (κ2) is 16.9. The zero-order valence-electron chi connectivity index (χ0n) is 17.5. The largest absolute Gasteiger partial charge is 0.504 e. The van der Waals surface area contributed by atoms with Crippen LogP contribution in [0.4, 0.5) is 0 Å². The van der Waals surface area contributed by atoms with Crippen molar-refractivity contribution in [1.82, 2.24) is 0 Å². The van der Waals surface area contributed by atoms with Crippen molar-refractivity contribution in [3.63, 3.8) is 0 Å². The van der Waals surface area contributed by atoms with Crippen molar-refractivity contribution in [2.75, 3.05) is 6.61 Å². The second-order valence-electron chi connectivity index (χ2n) is 6.24. The molecule has 1 aliphatic rings. The lowest BCUT2D eigenvalue weighted by Gasteiger charge is -2.37. The summed E-state index contributed by atoms with van der Waals surface area (Å²) in [4.78, 5) is 11.9. The summed E-state index contributed by atoms with van der Waals surface area (Å²) in [6.45, 7) is 8.08. The van der Waals surface area contributed by atoms with E-state index in [9.17, 15) is 15.3 Å². The Labute approximate surface area is 172 Å². The van der Waals surface area contributed by atoms with Gasteiger partial charge in [0.1, 0.15) is 6.79 Å². The van der Waals surface area contributed by atoms with Gasteiger partial charge in [-0.1, -0.05) is 39.0 Å². The van der Waals surface area contributed by atoms with Crippen LogP contribution in [0.2, 0.25) is 0 Å². The molecule has 0 heterocycles. The van der Waals surface area contributed by atoms with E-state index < -0.39 is 17.8 Å². The van der Waals surface area contributed by atoms with E-state index in [0.29, 0.717) is 12.8 Å². The van der Waals surface area contributed by atoms with Crippen LogP contribution in [0.1, 0.15) is 58.4 Å². The van der Waals surface area contributed by atoms with E-state index in [1.54, 1.807) is 6.07 Å². The Morgan fingerprint density at radius 3 is 2.28 bits per heavy atom. The lowest BCUT2D eigenvalue weighted by molar-refractivity contribution is -0.252. The normalized spacial score (nSPS) is 23.0. The first-order valence-electron chi connectivity index (χ1n) is 9.63. The molecule has 0 aliphatic heterocycles. The van der Waals surface area contributed by atoms with Crippen molar-refractivity contribution in [3.8, 4) is 11.5 Å². The summed E-state index contributed by atoms with van der Waals surface area (Å²) in [7, 11) is 0. The SMILES string of the molecule is C=O.CC.CC/C=C/c1ccc(O)c(O)c1.OOCCC1(O)CCC(O)C(O)C1.